The molecule has 1 fully saturated rings. The summed E-state index contributed by atoms with van der Waals surface area (Å²) in [6.07, 6.45) is 1.95. The van der Waals surface area contributed by atoms with Gasteiger partial charge in [-0.25, -0.2) is 0 Å². The number of anilines is 1. The molecule has 1 amide bonds. The van der Waals surface area contributed by atoms with E-state index in [1.54, 1.807) is 25.1 Å². The monoisotopic (exact) mass is 291 g/mol. The van der Waals surface area contributed by atoms with Crippen LogP contribution >= 0.6 is 0 Å². The number of nitrogens with one attached hydrogen (secondary N) is 1. The largest absolute Gasteiger partial charge is 0.454 e. The first-order valence-corrected chi connectivity index (χ1v) is 7.04. The first-order chi connectivity index (χ1) is 10.1. The normalized spacial score (nSPS) is 17.8. The Morgan fingerprint density at radius 2 is 2.05 bits per heavy atom. The third kappa shape index (κ3) is 2.94. The summed E-state index contributed by atoms with van der Waals surface area (Å²) in [6, 6.07) is 5.12. The lowest BCUT2D eigenvalue weighted by Gasteiger charge is -2.24. The molecule has 2 aliphatic rings. The van der Waals surface area contributed by atoms with Crippen LogP contribution in [0, 0.1) is 5.92 Å². The fraction of sp³-hybridized carbons (Fsp3) is 0.467. The van der Waals surface area contributed by atoms with Gasteiger partial charge in [-0.1, -0.05) is 6.42 Å². The molecule has 0 unspecified atom stereocenters. The van der Waals surface area contributed by atoms with Crippen LogP contribution in [0.2, 0.25) is 0 Å². The predicted octanol–water partition coefficient (Wildman–Crippen LogP) is 2.09. The van der Waals surface area contributed by atoms with Gasteiger partial charge in [0.05, 0.1) is 5.92 Å². The van der Waals surface area contributed by atoms with Crippen molar-refractivity contribution >= 4 is 17.6 Å². The van der Waals surface area contributed by atoms with Gasteiger partial charge in [0.2, 0.25) is 6.79 Å². The minimum Gasteiger partial charge on any atom is -0.454 e. The second kappa shape index (κ2) is 5.63. The first-order valence-electron chi connectivity index (χ1n) is 7.04. The van der Waals surface area contributed by atoms with E-state index < -0.39 is 6.10 Å². The van der Waals surface area contributed by atoms with E-state index in [-0.39, 0.29) is 24.6 Å². The molecular formula is C15H17NO5. The molecule has 6 nitrogen and oxygen atoms in total. The van der Waals surface area contributed by atoms with Crippen LogP contribution in [0.3, 0.4) is 0 Å². The summed E-state index contributed by atoms with van der Waals surface area (Å²) in [5.41, 5.74) is 0.579. The number of carbonyl (C=O) groups excluding carboxylic acids is 2. The number of hydrogen-bond acceptors (Lipinski definition) is 5. The van der Waals surface area contributed by atoms with Gasteiger partial charge in [0.15, 0.2) is 17.6 Å². The van der Waals surface area contributed by atoms with Crippen LogP contribution < -0.4 is 14.8 Å². The number of esters is 1. The SMILES string of the molecule is C[C@H](OC(=O)C1CCC1)C(=O)Nc1ccc2c(c1)OCO2. The molecule has 1 heterocycles. The van der Waals surface area contributed by atoms with Crippen molar-refractivity contribution in [2.24, 2.45) is 5.92 Å². The second-order valence-electron chi connectivity index (χ2n) is 5.26. The van der Waals surface area contributed by atoms with Gasteiger partial charge in [-0.2, -0.15) is 0 Å². The molecule has 1 aromatic rings. The lowest BCUT2D eigenvalue weighted by Crippen LogP contribution is -2.34. The zero-order valence-electron chi connectivity index (χ0n) is 11.8. The molecule has 1 aromatic carbocycles. The molecule has 0 saturated heterocycles. The van der Waals surface area contributed by atoms with Crippen molar-refractivity contribution in [3.8, 4) is 11.5 Å². The minimum absolute atomic E-state index is 0.0363. The number of fused-ring (bicyclic) bond motifs is 1. The van der Waals surface area contributed by atoms with Crippen molar-refractivity contribution in [1.82, 2.24) is 0 Å². The molecule has 1 saturated carbocycles. The average Bonchev–Trinajstić information content (AvgIpc) is 2.83. The number of hydrogen-bond donors (Lipinski definition) is 1. The van der Waals surface area contributed by atoms with Crippen LogP contribution in [-0.4, -0.2) is 24.8 Å². The van der Waals surface area contributed by atoms with E-state index in [1.807, 2.05) is 0 Å². The smallest absolute Gasteiger partial charge is 0.309 e. The summed E-state index contributed by atoms with van der Waals surface area (Å²) in [5, 5.41) is 2.70. The minimum atomic E-state index is -0.816. The molecule has 3 rings (SSSR count). The zero-order valence-corrected chi connectivity index (χ0v) is 11.8. The molecule has 0 bridgehead atoms. The second-order valence-corrected chi connectivity index (χ2v) is 5.26. The molecule has 0 radical (unpaired) electrons. The molecule has 112 valence electrons. The maximum Gasteiger partial charge on any atom is 0.309 e. The molecule has 1 atom stereocenters. The molecule has 0 spiro atoms. The van der Waals surface area contributed by atoms with Crippen molar-refractivity contribution < 1.29 is 23.8 Å². The van der Waals surface area contributed by atoms with Crippen LogP contribution in [0.15, 0.2) is 18.2 Å². The molecule has 21 heavy (non-hydrogen) atoms. The van der Waals surface area contributed by atoms with E-state index in [1.165, 1.54) is 0 Å². The molecule has 1 N–H and O–H groups in total. The number of ether oxygens (including phenoxy) is 3. The Kier molecular flexibility index (Phi) is 3.68. The highest BCUT2D eigenvalue weighted by Gasteiger charge is 2.29. The van der Waals surface area contributed by atoms with E-state index in [0.29, 0.717) is 17.2 Å². The topological polar surface area (TPSA) is 73.9 Å². The average molecular weight is 291 g/mol. The van der Waals surface area contributed by atoms with E-state index in [0.717, 1.165) is 19.3 Å². The highest BCUT2D eigenvalue weighted by atomic mass is 16.7. The Morgan fingerprint density at radius 3 is 2.76 bits per heavy atom. The highest BCUT2D eigenvalue weighted by molar-refractivity contribution is 5.95. The fourth-order valence-corrected chi connectivity index (χ4v) is 2.19. The molecule has 1 aliphatic heterocycles. The number of benzene rings is 1. The van der Waals surface area contributed by atoms with Gasteiger partial charge in [-0.05, 0) is 31.9 Å². The van der Waals surface area contributed by atoms with Crippen molar-refractivity contribution in [3.63, 3.8) is 0 Å². The van der Waals surface area contributed by atoms with Gasteiger partial charge in [0.1, 0.15) is 0 Å². The Bertz CT molecular complexity index is 567. The number of amides is 1. The Morgan fingerprint density at radius 1 is 1.29 bits per heavy atom. The lowest BCUT2D eigenvalue weighted by molar-refractivity contribution is -0.159. The Labute approximate surface area is 122 Å². The van der Waals surface area contributed by atoms with Crippen LogP contribution in [-0.2, 0) is 14.3 Å². The standard InChI is InChI=1S/C15H17NO5/c1-9(21-15(18)10-3-2-4-10)14(17)16-11-5-6-12-13(7-11)20-8-19-12/h5-7,9-10H,2-4,8H2,1H3,(H,16,17)/t9-/m0/s1. The summed E-state index contributed by atoms with van der Waals surface area (Å²) < 4.78 is 15.6. The van der Waals surface area contributed by atoms with Gasteiger partial charge in [-0.15, -0.1) is 0 Å². The fourth-order valence-electron chi connectivity index (χ4n) is 2.19. The van der Waals surface area contributed by atoms with Crippen LogP contribution in [0.1, 0.15) is 26.2 Å². The van der Waals surface area contributed by atoms with Crippen LogP contribution in [0.5, 0.6) is 11.5 Å². The van der Waals surface area contributed by atoms with Crippen molar-refractivity contribution in [2.45, 2.75) is 32.3 Å². The van der Waals surface area contributed by atoms with Crippen molar-refractivity contribution in [1.29, 1.82) is 0 Å². The maximum atomic E-state index is 12.0. The van der Waals surface area contributed by atoms with Gasteiger partial charge in [-0.3, -0.25) is 9.59 Å². The van der Waals surface area contributed by atoms with Crippen molar-refractivity contribution in [2.75, 3.05) is 12.1 Å². The summed E-state index contributed by atoms with van der Waals surface area (Å²) in [7, 11) is 0. The predicted molar refractivity (Wildman–Crippen MR) is 74.1 cm³/mol. The van der Waals surface area contributed by atoms with Gasteiger partial charge < -0.3 is 19.5 Å². The van der Waals surface area contributed by atoms with Gasteiger partial charge in [0, 0.05) is 11.8 Å². The van der Waals surface area contributed by atoms with E-state index in [9.17, 15) is 9.59 Å². The number of rotatable bonds is 4. The summed E-state index contributed by atoms with van der Waals surface area (Å²) >= 11 is 0. The van der Waals surface area contributed by atoms with Crippen LogP contribution in [0.4, 0.5) is 5.69 Å². The third-order valence-electron chi connectivity index (χ3n) is 3.74. The van der Waals surface area contributed by atoms with E-state index >= 15 is 0 Å². The zero-order chi connectivity index (χ0) is 14.8. The van der Waals surface area contributed by atoms with E-state index in [4.69, 9.17) is 14.2 Å². The Balaban J connectivity index is 1.56. The van der Waals surface area contributed by atoms with E-state index in [2.05, 4.69) is 5.32 Å². The highest BCUT2D eigenvalue weighted by Crippen LogP contribution is 2.34. The summed E-state index contributed by atoms with van der Waals surface area (Å²) in [4.78, 5) is 23.7. The number of carbonyl (C=O) groups is 2. The molecule has 1 aliphatic carbocycles. The van der Waals surface area contributed by atoms with Crippen LogP contribution in [0.25, 0.3) is 0 Å². The van der Waals surface area contributed by atoms with Crippen molar-refractivity contribution in [3.05, 3.63) is 18.2 Å². The lowest BCUT2D eigenvalue weighted by atomic mass is 9.86. The Hall–Kier alpha value is -2.24. The van der Waals surface area contributed by atoms with Gasteiger partial charge in [0.25, 0.3) is 5.91 Å². The summed E-state index contributed by atoms with van der Waals surface area (Å²) in [6.45, 7) is 1.75. The molecular weight excluding hydrogens is 274 g/mol. The summed E-state index contributed by atoms with van der Waals surface area (Å²) in [5.74, 6) is 0.561. The third-order valence-corrected chi connectivity index (χ3v) is 3.74. The first kappa shape index (κ1) is 13.7. The molecule has 0 aromatic heterocycles. The molecule has 6 heteroatoms. The van der Waals surface area contributed by atoms with Gasteiger partial charge >= 0.3 is 5.97 Å². The quantitative estimate of drug-likeness (QED) is 0.860. The maximum absolute atomic E-state index is 12.0.